The van der Waals surface area contributed by atoms with Crippen molar-refractivity contribution in [3.05, 3.63) is 29.8 Å². The number of ether oxygens (including phenoxy) is 1. The third-order valence-corrected chi connectivity index (χ3v) is 3.07. The maximum atomic E-state index is 12.0. The van der Waals surface area contributed by atoms with E-state index >= 15 is 0 Å². The minimum atomic E-state index is -0.530. The van der Waals surface area contributed by atoms with Gasteiger partial charge >= 0.3 is 5.97 Å². The van der Waals surface area contributed by atoms with Gasteiger partial charge in [-0.1, -0.05) is 0 Å². The fraction of sp³-hybridized carbons (Fsp3) is 0.375. The Morgan fingerprint density at radius 3 is 2.30 bits per heavy atom. The fourth-order valence-corrected chi connectivity index (χ4v) is 1.65. The Hall–Kier alpha value is -2.70. The summed E-state index contributed by atoms with van der Waals surface area (Å²) in [5.41, 5.74) is 3.83. The highest BCUT2D eigenvalue weighted by molar-refractivity contribution is 6.02. The third-order valence-electron chi connectivity index (χ3n) is 3.07. The van der Waals surface area contributed by atoms with Gasteiger partial charge in [0.1, 0.15) is 0 Å². The van der Waals surface area contributed by atoms with Crippen molar-refractivity contribution in [2.75, 3.05) is 11.9 Å². The van der Waals surface area contributed by atoms with E-state index in [1.54, 1.807) is 45.0 Å². The van der Waals surface area contributed by atoms with Crippen molar-refractivity contribution in [1.29, 1.82) is 0 Å². The van der Waals surface area contributed by atoms with E-state index in [9.17, 15) is 14.4 Å². The van der Waals surface area contributed by atoms with E-state index in [-0.39, 0.29) is 11.9 Å². The summed E-state index contributed by atoms with van der Waals surface area (Å²) in [5.74, 6) is -1.51. The van der Waals surface area contributed by atoms with Gasteiger partial charge in [0.25, 0.3) is 5.91 Å². The molecular weight excluding hydrogens is 298 g/mol. The molecule has 0 aliphatic carbocycles. The zero-order valence-electron chi connectivity index (χ0n) is 13.7. The molecule has 0 fully saturated rings. The largest absolute Gasteiger partial charge is 0.465 e. The summed E-state index contributed by atoms with van der Waals surface area (Å²) in [7, 11) is 0. The summed E-state index contributed by atoms with van der Waals surface area (Å²) >= 11 is 0. The van der Waals surface area contributed by atoms with Crippen LogP contribution in [0.5, 0.6) is 0 Å². The molecule has 0 radical (unpaired) electrons. The number of hydrazone groups is 1. The molecule has 1 atom stereocenters. The molecule has 23 heavy (non-hydrogen) atoms. The van der Waals surface area contributed by atoms with Gasteiger partial charge in [0.15, 0.2) is 0 Å². The van der Waals surface area contributed by atoms with Gasteiger partial charge in [-0.25, -0.2) is 5.43 Å². The van der Waals surface area contributed by atoms with Crippen LogP contribution >= 0.6 is 0 Å². The average Bonchev–Trinajstić information content (AvgIpc) is 2.51. The van der Waals surface area contributed by atoms with Crippen LogP contribution in [0.4, 0.5) is 5.69 Å². The van der Waals surface area contributed by atoms with Gasteiger partial charge in [0.05, 0.1) is 12.5 Å². The molecule has 7 nitrogen and oxygen atoms in total. The Kier molecular flexibility index (Phi) is 6.92. The lowest BCUT2D eigenvalue weighted by molar-refractivity contribution is -0.145. The van der Waals surface area contributed by atoms with Gasteiger partial charge < -0.3 is 10.1 Å². The van der Waals surface area contributed by atoms with E-state index < -0.39 is 11.8 Å². The zero-order valence-corrected chi connectivity index (χ0v) is 13.7. The zero-order chi connectivity index (χ0) is 17.4. The van der Waals surface area contributed by atoms with E-state index in [2.05, 4.69) is 15.8 Å². The predicted octanol–water partition coefficient (Wildman–Crippen LogP) is 1.95. The van der Waals surface area contributed by atoms with Crippen molar-refractivity contribution in [3.63, 3.8) is 0 Å². The summed E-state index contributed by atoms with van der Waals surface area (Å²) in [6, 6.07) is 6.38. The fourth-order valence-electron chi connectivity index (χ4n) is 1.65. The summed E-state index contributed by atoms with van der Waals surface area (Å²) < 4.78 is 4.89. The lowest BCUT2D eigenvalue weighted by Crippen LogP contribution is -2.25. The standard InChI is InChI=1S/C16H21N3O4/c1-5-23-16(22)10(2)11(3)18-19-15(21)13-6-8-14(9-7-13)17-12(4)20/h6-10H,5H2,1-4H3,(H,17,20)(H,19,21)/b18-11+/t10-/m1/s1. The highest BCUT2D eigenvalue weighted by Crippen LogP contribution is 2.09. The van der Waals surface area contributed by atoms with Crippen LogP contribution in [0.25, 0.3) is 0 Å². The molecule has 0 heterocycles. The lowest BCUT2D eigenvalue weighted by atomic mass is 10.1. The Morgan fingerprint density at radius 1 is 1.17 bits per heavy atom. The van der Waals surface area contributed by atoms with Gasteiger partial charge in [-0.15, -0.1) is 0 Å². The average molecular weight is 319 g/mol. The number of benzene rings is 1. The highest BCUT2D eigenvalue weighted by Gasteiger charge is 2.17. The molecule has 2 N–H and O–H groups in total. The van der Waals surface area contributed by atoms with Crippen LogP contribution < -0.4 is 10.7 Å². The number of carbonyl (C=O) groups is 3. The first kappa shape index (κ1) is 18.3. The van der Waals surface area contributed by atoms with E-state index in [1.807, 2.05) is 0 Å². The molecule has 0 saturated heterocycles. The molecule has 0 aliphatic rings. The Balaban J connectivity index is 2.66. The number of esters is 1. The summed E-state index contributed by atoms with van der Waals surface area (Å²) in [4.78, 5) is 34.5. The van der Waals surface area contributed by atoms with Crippen molar-refractivity contribution in [1.82, 2.24) is 5.43 Å². The van der Waals surface area contributed by atoms with Gasteiger partial charge in [-0.3, -0.25) is 14.4 Å². The highest BCUT2D eigenvalue weighted by atomic mass is 16.5. The second kappa shape index (κ2) is 8.67. The van der Waals surface area contributed by atoms with Crippen molar-refractivity contribution >= 4 is 29.2 Å². The van der Waals surface area contributed by atoms with Crippen LogP contribution in [0.2, 0.25) is 0 Å². The molecule has 1 aromatic carbocycles. The van der Waals surface area contributed by atoms with Gasteiger partial charge in [-0.05, 0) is 45.0 Å². The molecule has 1 rings (SSSR count). The predicted molar refractivity (Wildman–Crippen MR) is 87.1 cm³/mol. The molecule has 0 aliphatic heterocycles. The summed E-state index contributed by atoms with van der Waals surface area (Å²) in [5, 5.41) is 6.53. The number of nitrogens with zero attached hydrogens (tertiary/aromatic N) is 1. The number of hydrogen-bond acceptors (Lipinski definition) is 5. The first-order valence-electron chi connectivity index (χ1n) is 7.24. The quantitative estimate of drug-likeness (QED) is 0.476. The maximum absolute atomic E-state index is 12.0. The number of rotatable bonds is 6. The molecule has 0 saturated carbocycles. The van der Waals surface area contributed by atoms with Crippen LogP contribution in [0.15, 0.2) is 29.4 Å². The number of carbonyl (C=O) groups excluding carboxylic acids is 3. The van der Waals surface area contributed by atoms with Crippen LogP contribution in [-0.4, -0.2) is 30.1 Å². The Labute approximate surface area is 135 Å². The first-order valence-corrected chi connectivity index (χ1v) is 7.24. The summed E-state index contributed by atoms with van der Waals surface area (Å²) in [6.45, 7) is 6.72. The molecule has 7 heteroatoms. The maximum Gasteiger partial charge on any atom is 0.314 e. The monoisotopic (exact) mass is 319 g/mol. The van der Waals surface area contributed by atoms with E-state index in [0.717, 1.165) is 0 Å². The molecule has 0 spiro atoms. The van der Waals surface area contributed by atoms with E-state index in [0.29, 0.717) is 23.6 Å². The molecular formula is C16H21N3O4. The normalized spacial score (nSPS) is 12.3. The number of nitrogens with one attached hydrogen (secondary N) is 2. The molecule has 0 aromatic heterocycles. The Morgan fingerprint density at radius 2 is 1.78 bits per heavy atom. The van der Waals surface area contributed by atoms with Crippen molar-refractivity contribution < 1.29 is 19.1 Å². The van der Waals surface area contributed by atoms with Crippen LogP contribution in [-0.2, 0) is 14.3 Å². The minimum Gasteiger partial charge on any atom is -0.465 e. The van der Waals surface area contributed by atoms with E-state index in [4.69, 9.17) is 4.74 Å². The number of anilines is 1. The van der Waals surface area contributed by atoms with Crippen LogP contribution in [0, 0.1) is 5.92 Å². The Bertz CT molecular complexity index is 608. The third kappa shape index (κ3) is 5.90. The second-order valence-electron chi connectivity index (χ2n) is 4.93. The molecule has 0 bridgehead atoms. The molecule has 2 amide bonds. The van der Waals surface area contributed by atoms with Crippen molar-refractivity contribution in [3.8, 4) is 0 Å². The minimum absolute atomic E-state index is 0.185. The number of amides is 2. The van der Waals surface area contributed by atoms with E-state index in [1.165, 1.54) is 6.92 Å². The first-order chi connectivity index (χ1) is 10.8. The smallest absolute Gasteiger partial charge is 0.314 e. The molecule has 124 valence electrons. The van der Waals surface area contributed by atoms with Crippen molar-refractivity contribution in [2.45, 2.75) is 27.7 Å². The van der Waals surface area contributed by atoms with Gasteiger partial charge in [0, 0.05) is 23.9 Å². The van der Waals surface area contributed by atoms with Gasteiger partial charge in [0.2, 0.25) is 5.91 Å². The summed E-state index contributed by atoms with van der Waals surface area (Å²) in [6.07, 6.45) is 0. The van der Waals surface area contributed by atoms with Crippen molar-refractivity contribution in [2.24, 2.45) is 11.0 Å². The van der Waals surface area contributed by atoms with Gasteiger partial charge in [-0.2, -0.15) is 5.10 Å². The van der Waals surface area contributed by atoms with Crippen LogP contribution in [0.3, 0.4) is 0 Å². The van der Waals surface area contributed by atoms with Crippen LogP contribution in [0.1, 0.15) is 38.1 Å². The molecule has 1 aromatic rings. The topological polar surface area (TPSA) is 96.9 Å². The lowest BCUT2D eigenvalue weighted by Gasteiger charge is -2.10. The second-order valence-corrected chi connectivity index (χ2v) is 4.93. The SMILES string of the molecule is CCOC(=O)[C@H](C)/C(C)=N/NC(=O)c1ccc(NC(C)=O)cc1. The molecule has 0 unspecified atom stereocenters. The number of hydrogen-bond donors (Lipinski definition) is 2.